The quantitative estimate of drug-likeness (QED) is 0.721. The molecule has 18 heavy (non-hydrogen) atoms. The van der Waals surface area contributed by atoms with Gasteiger partial charge in [-0.25, -0.2) is 0 Å². The highest BCUT2D eigenvalue weighted by molar-refractivity contribution is 5.94. The monoisotopic (exact) mass is 238 g/mol. The van der Waals surface area contributed by atoms with Gasteiger partial charge in [0.2, 0.25) is 0 Å². The zero-order chi connectivity index (χ0) is 12.5. The van der Waals surface area contributed by atoms with E-state index in [0.29, 0.717) is 0 Å². The minimum absolute atomic E-state index is 0.818. The molecule has 0 spiro atoms. The molecule has 4 nitrogen and oxygen atoms in total. The van der Waals surface area contributed by atoms with Gasteiger partial charge in [0.25, 0.3) is 0 Å². The van der Waals surface area contributed by atoms with E-state index >= 15 is 0 Å². The molecule has 0 bridgehead atoms. The van der Waals surface area contributed by atoms with Gasteiger partial charge in [0, 0.05) is 29.7 Å². The van der Waals surface area contributed by atoms with Crippen molar-refractivity contribution in [1.29, 1.82) is 0 Å². The van der Waals surface area contributed by atoms with Crippen LogP contribution in [0.2, 0.25) is 0 Å². The third-order valence-electron chi connectivity index (χ3n) is 3.09. The third kappa shape index (κ3) is 1.62. The highest BCUT2D eigenvalue weighted by Gasteiger charge is 2.09. The number of benzene rings is 1. The molecule has 0 unspecified atom stereocenters. The lowest BCUT2D eigenvalue weighted by Gasteiger charge is -2.04. The molecule has 3 rings (SSSR count). The van der Waals surface area contributed by atoms with E-state index in [1.54, 1.807) is 0 Å². The maximum absolute atomic E-state index is 4.27. The van der Waals surface area contributed by atoms with Crippen LogP contribution >= 0.6 is 0 Å². The van der Waals surface area contributed by atoms with Gasteiger partial charge in [0.15, 0.2) is 5.82 Å². The number of aromatic amines is 1. The summed E-state index contributed by atoms with van der Waals surface area (Å²) in [7, 11) is 1.85. The van der Waals surface area contributed by atoms with Crippen molar-refractivity contribution in [2.24, 2.45) is 0 Å². The lowest BCUT2D eigenvalue weighted by atomic mass is 10.1. The molecule has 1 aromatic carbocycles. The topological polar surface area (TPSA) is 53.6 Å². The van der Waals surface area contributed by atoms with Crippen LogP contribution in [0.25, 0.3) is 22.2 Å². The van der Waals surface area contributed by atoms with Crippen molar-refractivity contribution in [3.05, 3.63) is 42.1 Å². The Morgan fingerprint density at radius 2 is 2.00 bits per heavy atom. The average molecular weight is 238 g/mol. The second kappa shape index (κ2) is 4.14. The molecule has 0 radical (unpaired) electrons. The number of nitrogens with one attached hydrogen (secondary N) is 2. The second-order valence-electron chi connectivity index (χ2n) is 4.26. The van der Waals surface area contributed by atoms with Gasteiger partial charge in [-0.2, -0.15) is 0 Å². The summed E-state index contributed by atoms with van der Waals surface area (Å²) in [6, 6.07) is 10.2. The molecule has 0 atom stereocenters. The highest BCUT2D eigenvalue weighted by atomic mass is 15.2. The Morgan fingerprint density at radius 3 is 2.78 bits per heavy atom. The fourth-order valence-corrected chi connectivity index (χ4v) is 2.15. The van der Waals surface area contributed by atoms with Crippen LogP contribution in [0.1, 0.15) is 5.56 Å². The zero-order valence-electron chi connectivity index (χ0n) is 10.4. The van der Waals surface area contributed by atoms with Crippen LogP contribution in [0.15, 0.2) is 36.5 Å². The van der Waals surface area contributed by atoms with Crippen LogP contribution < -0.4 is 5.32 Å². The van der Waals surface area contributed by atoms with Crippen LogP contribution in [-0.4, -0.2) is 22.2 Å². The predicted molar refractivity (Wildman–Crippen MR) is 73.6 cm³/mol. The normalized spacial score (nSPS) is 10.8. The average Bonchev–Trinajstić information content (AvgIpc) is 2.82. The molecule has 3 aromatic rings. The molecule has 90 valence electrons. The summed E-state index contributed by atoms with van der Waals surface area (Å²) in [6.07, 6.45) is 1.98. The van der Waals surface area contributed by atoms with E-state index in [4.69, 9.17) is 0 Å². The molecule has 2 N–H and O–H groups in total. The molecule has 2 heterocycles. The summed E-state index contributed by atoms with van der Waals surface area (Å²) in [5, 5.41) is 12.6. The first kappa shape index (κ1) is 10.8. The lowest BCUT2D eigenvalue weighted by Crippen LogP contribution is -1.98. The van der Waals surface area contributed by atoms with E-state index in [9.17, 15) is 0 Å². The van der Waals surface area contributed by atoms with Crippen molar-refractivity contribution in [2.75, 3.05) is 12.4 Å². The maximum Gasteiger partial charge on any atom is 0.151 e. The fraction of sp³-hybridized carbons (Fsp3) is 0.143. The van der Waals surface area contributed by atoms with Crippen molar-refractivity contribution < 1.29 is 0 Å². The number of H-pyrrole nitrogens is 1. The fourth-order valence-electron chi connectivity index (χ4n) is 2.15. The summed E-state index contributed by atoms with van der Waals surface area (Å²) >= 11 is 0. The van der Waals surface area contributed by atoms with Crippen molar-refractivity contribution in [3.63, 3.8) is 0 Å². The Kier molecular flexibility index (Phi) is 2.48. The standard InChI is InChI=1S/C14H14N4/c1-9-7-13(17-18-14(9)15-2)11-8-16-12-6-4-3-5-10(11)12/h3-8,16H,1-2H3,(H,15,18). The number of anilines is 1. The first-order chi connectivity index (χ1) is 8.79. The molecule has 0 saturated carbocycles. The highest BCUT2D eigenvalue weighted by Crippen LogP contribution is 2.27. The second-order valence-corrected chi connectivity index (χ2v) is 4.26. The van der Waals surface area contributed by atoms with Gasteiger partial charge >= 0.3 is 0 Å². The third-order valence-corrected chi connectivity index (χ3v) is 3.09. The molecule has 0 aliphatic heterocycles. The number of para-hydroxylation sites is 1. The molecular weight excluding hydrogens is 224 g/mol. The molecule has 0 fully saturated rings. The van der Waals surface area contributed by atoms with E-state index < -0.39 is 0 Å². The van der Waals surface area contributed by atoms with Gasteiger partial charge < -0.3 is 10.3 Å². The molecule has 4 heteroatoms. The van der Waals surface area contributed by atoms with E-state index in [1.807, 2.05) is 32.3 Å². The lowest BCUT2D eigenvalue weighted by molar-refractivity contribution is 1.02. The minimum Gasteiger partial charge on any atom is -0.371 e. The van der Waals surface area contributed by atoms with Crippen LogP contribution in [0.3, 0.4) is 0 Å². The predicted octanol–water partition coefficient (Wildman–Crippen LogP) is 2.98. The van der Waals surface area contributed by atoms with E-state index in [0.717, 1.165) is 28.2 Å². The number of hydrogen-bond donors (Lipinski definition) is 2. The van der Waals surface area contributed by atoms with Crippen LogP contribution in [0.4, 0.5) is 5.82 Å². The Hall–Kier alpha value is -2.36. The Morgan fingerprint density at radius 1 is 1.17 bits per heavy atom. The largest absolute Gasteiger partial charge is 0.371 e. The smallest absolute Gasteiger partial charge is 0.151 e. The van der Waals surface area contributed by atoms with Gasteiger partial charge in [-0.05, 0) is 24.6 Å². The van der Waals surface area contributed by atoms with E-state index in [1.165, 1.54) is 5.39 Å². The summed E-state index contributed by atoms with van der Waals surface area (Å²) < 4.78 is 0. The van der Waals surface area contributed by atoms with Crippen molar-refractivity contribution in [3.8, 4) is 11.3 Å². The Labute approximate surface area is 105 Å². The van der Waals surface area contributed by atoms with Crippen LogP contribution in [-0.2, 0) is 0 Å². The van der Waals surface area contributed by atoms with E-state index in [-0.39, 0.29) is 0 Å². The van der Waals surface area contributed by atoms with Gasteiger partial charge in [-0.3, -0.25) is 0 Å². The van der Waals surface area contributed by atoms with Gasteiger partial charge in [-0.1, -0.05) is 18.2 Å². The zero-order valence-corrected chi connectivity index (χ0v) is 10.4. The van der Waals surface area contributed by atoms with Crippen LogP contribution in [0.5, 0.6) is 0 Å². The van der Waals surface area contributed by atoms with Crippen LogP contribution in [0, 0.1) is 6.92 Å². The van der Waals surface area contributed by atoms with Crippen molar-refractivity contribution in [1.82, 2.24) is 15.2 Å². The number of nitrogens with zero attached hydrogens (tertiary/aromatic N) is 2. The number of aryl methyl sites for hydroxylation is 1. The minimum atomic E-state index is 0.818. The van der Waals surface area contributed by atoms with Crippen molar-refractivity contribution in [2.45, 2.75) is 6.92 Å². The van der Waals surface area contributed by atoms with Gasteiger partial charge in [-0.15, -0.1) is 10.2 Å². The Bertz CT molecular complexity index is 700. The molecule has 0 amide bonds. The molecule has 0 aliphatic rings. The summed E-state index contributed by atoms with van der Waals surface area (Å²) in [4.78, 5) is 3.25. The Balaban J connectivity index is 2.17. The van der Waals surface area contributed by atoms with Gasteiger partial charge in [0.05, 0.1) is 5.69 Å². The number of aromatic nitrogens is 3. The summed E-state index contributed by atoms with van der Waals surface area (Å²) in [6.45, 7) is 2.03. The molecular formula is C14H14N4. The molecule has 0 saturated heterocycles. The maximum atomic E-state index is 4.27. The first-order valence-corrected chi connectivity index (χ1v) is 5.88. The first-order valence-electron chi connectivity index (χ1n) is 5.88. The SMILES string of the molecule is CNc1nnc(-c2c[nH]c3ccccc23)cc1C. The van der Waals surface area contributed by atoms with Gasteiger partial charge in [0.1, 0.15) is 0 Å². The summed E-state index contributed by atoms with van der Waals surface area (Å²) in [5.74, 6) is 0.818. The van der Waals surface area contributed by atoms with Crippen molar-refractivity contribution >= 4 is 16.7 Å². The summed E-state index contributed by atoms with van der Waals surface area (Å²) in [5.41, 5.74) is 4.19. The van der Waals surface area contributed by atoms with E-state index in [2.05, 4.69) is 38.7 Å². The number of fused-ring (bicyclic) bond motifs is 1. The molecule has 2 aromatic heterocycles. The molecule has 0 aliphatic carbocycles. The number of hydrogen-bond acceptors (Lipinski definition) is 3. The number of rotatable bonds is 2.